The van der Waals surface area contributed by atoms with Crippen molar-refractivity contribution in [3.05, 3.63) is 30.1 Å². The van der Waals surface area contributed by atoms with Crippen molar-refractivity contribution < 1.29 is 4.79 Å². The van der Waals surface area contributed by atoms with Gasteiger partial charge >= 0.3 is 0 Å². The lowest BCUT2D eigenvalue weighted by atomic mass is 10.1. The number of nitrogens with zero attached hydrogens (tertiary/aromatic N) is 3. The lowest BCUT2D eigenvalue weighted by molar-refractivity contribution is -0.126. The first-order valence-electron chi connectivity index (χ1n) is 7.75. The Morgan fingerprint density at radius 2 is 2.10 bits per heavy atom. The second kappa shape index (κ2) is 5.51. The molecule has 0 unspecified atom stereocenters. The van der Waals surface area contributed by atoms with Crippen molar-refractivity contribution >= 4 is 16.9 Å². The predicted octanol–water partition coefficient (Wildman–Crippen LogP) is 3.03. The summed E-state index contributed by atoms with van der Waals surface area (Å²) in [5.74, 6) is 2.19. The van der Waals surface area contributed by atoms with Gasteiger partial charge in [0.25, 0.3) is 0 Å². The fourth-order valence-corrected chi connectivity index (χ4v) is 3.06. The Labute approximate surface area is 125 Å². The second-order valence-electron chi connectivity index (χ2n) is 6.47. The van der Waals surface area contributed by atoms with Crippen LogP contribution >= 0.6 is 0 Å². The van der Waals surface area contributed by atoms with E-state index < -0.39 is 0 Å². The smallest absolute Gasteiger partial charge is 0.223 e. The number of carbonyl (C=O) groups excluding carboxylic acids is 1. The van der Waals surface area contributed by atoms with E-state index in [0.29, 0.717) is 12.3 Å². The molecule has 1 aliphatic heterocycles. The van der Waals surface area contributed by atoms with Crippen LogP contribution in [0.1, 0.15) is 38.4 Å². The van der Waals surface area contributed by atoms with Crippen LogP contribution in [0.4, 0.5) is 0 Å². The molecule has 1 atom stereocenters. The summed E-state index contributed by atoms with van der Waals surface area (Å²) in [4.78, 5) is 18.5. The SMILES string of the molecule is CC(C)CCn1c([C@H]2CC(=O)N(C)C2)nc2ccccc21. The van der Waals surface area contributed by atoms with Crippen molar-refractivity contribution in [2.75, 3.05) is 13.6 Å². The van der Waals surface area contributed by atoms with Gasteiger partial charge in [-0.3, -0.25) is 4.79 Å². The molecule has 3 rings (SSSR count). The quantitative estimate of drug-likeness (QED) is 0.866. The number of hydrogen-bond donors (Lipinski definition) is 0. The standard InChI is InChI=1S/C17H23N3O/c1-12(2)8-9-20-15-7-5-4-6-14(15)18-17(20)13-10-16(21)19(3)11-13/h4-7,12-13H,8-11H2,1-3H3/t13-/m0/s1. The van der Waals surface area contributed by atoms with Crippen molar-refractivity contribution in [2.45, 2.75) is 39.2 Å². The highest BCUT2D eigenvalue weighted by Gasteiger charge is 2.31. The fourth-order valence-electron chi connectivity index (χ4n) is 3.06. The Morgan fingerprint density at radius 3 is 2.76 bits per heavy atom. The summed E-state index contributed by atoms with van der Waals surface area (Å²) in [5.41, 5.74) is 2.23. The van der Waals surface area contributed by atoms with Crippen LogP contribution in [0, 0.1) is 5.92 Å². The minimum atomic E-state index is 0.224. The summed E-state index contributed by atoms with van der Waals surface area (Å²) in [6.45, 7) is 6.24. The third kappa shape index (κ3) is 2.67. The molecule has 1 fully saturated rings. The predicted molar refractivity (Wildman–Crippen MR) is 84.2 cm³/mol. The largest absolute Gasteiger partial charge is 0.345 e. The zero-order chi connectivity index (χ0) is 15.0. The van der Waals surface area contributed by atoms with Gasteiger partial charge in [-0.2, -0.15) is 0 Å². The van der Waals surface area contributed by atoms with Gasteiger partial charge in [0.1, 0.15) is 5.82 Å². The summed E-state index contributed by atoms with van der Waals surface area (Å²) in [7, 11) is 1.88. The first-order chi connectivity index (χ1) is 10.1. The molecule has 1 aromatic heterocycles. The van der Waals surface area contributed by atoms with Gasteiger partial charge in [0.15, 0.2) is 0 Å². The highest BCUT2D eigenvalue weighted by molar-refractivity contribution is 5.80. The number of rotatable bonds is 4. The van der Waals surface area contributed by atoms with E-state index >= 15 is 0 Å². The Bertz CT molecular complexity index is 659. The van der Waals surface area contributed by atoms with Gasteiger partial charge in [0, 0.05) is 32.5 Å². The van der Waals surface area contributed by atoms with E-state index in [9.17, 15) is 4.79 Å². The highest BCUT2D eigenvalue weighted by atomic mass is 16.2. The van der Waals surface area contributed by atoms with Crippen LogP contribution in [0.15, 0.2) is 24.3 Å². The van der Waals surface area contributed by atoms with Crippen molar-refractivity contribution in [1.29, 1.82) is 0 Å². The molecule has 0 spiro atoms. The van der Waals surface area contributed by atoms with Crippen molar-refractivity contribution in [3.8, 4) is 0 Å². The number of likely N-dealkylation sites (N-methyl/N-ethyl adjacent to an activating group) is 1. The maximum atomic E-state index is 11.8. The monoisotopic (exact) mass is 285 g/mol. The number of benzene rings is 1. The Hall–Kier alpha value is -1.84. The van der Waals surface area contributed by atoms with Crippen LogP contribution in [0.25, 0.3) is 11.0 Å². The third-order valence-corrected chi connectivity index (χ3v) is 4.32. The molecule has 0 N–H and O–H groups in total. The average Bonchev–Trinajstić information content (AvgIpc) is 2.97. The van der Waals surface area contributed by atoms with E-state index in [-0.39, 0.29) is 11.8 Å². The van der Waals surface area contributed by atoms with Crippen LogP contribution in [-0.4, -0.2) is 34.0 Å². The van der Waals surface area contributed by atoms with Crippen molar-refractivity contribution in [2.24, 2.45) is 5.92 Å². The molecule has 0 saturated carbocycles. The van der Waals surface area contributed by atoms with Crippen molar-refractivity contribution in [1.82, 2.24) is 14.5 Å². The van der Waals surface area contributed by atoms with Gasteiger partial charge in [-0.05, 0) is 24.5 Å². The number of aryl methyl sites for hydroxylation is 1. The fraction of sp³-hybridized carbons (Fsp3) is 0.529. The molecule has 4 nitrogen and oxygen atoms in total. The molecule has 1 aromatic carbocycles. The molecule has 21 heavy (non-hydrogen) atoms. The molecule has 4 heteroatoms. The molecular weight excluding hydrogens is 262 g/mol. The zero-order valence-corrected chi connectivity index (χ0v) is 13.0. The summed E-state index contributed by atoms with van der Waals surface area (Å²) in [6, 6.07) is 8.28. The molecule has 1 saturated heterocycles. The number of para-hydroxylation sites is 2. The topological polar surface area (TPSA) is 38.1 Å². The number of carbonyl (C=O) groups is 1. The average molecular weight is 285 g/mol. The van der Waals surface area contributed by atoms with E-state index in [2.05, 4.69) is 36.6 Å². The van der Waals surface area contributed by atoms with E-state index in [1.807, 2.05) is 18.0 Å². The molecule has 0 radical (unpaired) electrons. The lowest BCUT2D eigenvalue weighted by Gasteiger charge is -2.14. The molecule has 1 amide bonds. The summed E-state index contributed by atoms with van der Waals surface area (Å²) in [6.07, 6.45) is 1.71. The van der Waals surface area contributed by atoms with Gasteiger partial charge in [-0.1, -0.05) is 26.0 Å². The first-order valence-corrected chi connectivity index (χ1v) is 7.75. The van der Waals surface area contributed by atoms with Crippen LogP contribution in [0.3, 0.4) is 0 Å². The van der Waals surface area contributed by atoms with Gasteiger partial charge < -0.3 is 9.47 Å². The first kappa shape index (κ1) is 14.1. The van der Waals surface area contributed by atoms with E-state index in [1.54, 1.807) is 0 Å². The van der Waals surface area contributed by atoms with Gasteiger partial charge in [0.05, 0.1) is 11.0 Å². The second-order valence-corrected chi connectivity index (χ2v) is 6.47. The highest BCUT2D eigenvalue weighted by Crippen LogP contribution is 2.30. The minimum absolute atomic E-state index is 0.224. The van der Waals surface area contributed by atoms with Crippen LogP contribution in [0.5, 0.6) is 0 Å². The molecule has 1 aliphatic rings. The normalized spacial score (nSPS) is 19.1. The number of hydrogen-bond acceptors (Lipinski definition) is 2. The minimum Gasteiger partial charge on any atom is -0.345 e. The Morgan fingerprint density at radius 1 is 1.33 bits per heavy atom. The zero-order valence-electron chi connectivity index (χ0n) is 13.0. The van der Waals surface area contributed by atoms with Crippen LogP contribution in [-0.2, 0) is 11.3 Å². The van der Waals surface area contributed by atoms with Gasteiger partial charge in [-0.15, -0.1) is 0 Å². The number of likely N-dealkylation sites (tertiary alicyclic amines) is 1. The molecule has 112 valence electrons. The van der Waals surface area contributed by atoms with Crippen LogP contribution in [0.2, 0.25) is 0 Å². The number of aromatic nitrogens is 2. The molecular formula is C17H23N3O. The number of fused-ring (bicyclic) bond motifs is 1. The maximum absolute atomic E-state index is 11.8. The summed E-state index contributed by atoms with van der Waals surface area (Å²) in [5, 5.41) is 0. The maximum Gasteiger partial charge on any atom is 0.223 e. The van der Waals surface area contributed by atoms with Gasteiger partial charge in [-0.25, -0.2) is 4.98 Å². The Kier molecular flexibility index (Phi) is 3.70. The van der Waals surface area contributed by atoms with Crippen molar-refractivity contribution in [3.63, 3.8) is 0 Å². The molecule has 2 aromatic rings. The number of imidazole rings is 1. The summed E-state index contributed by atoms with van der Waals surface area (Å²) >= 11 is 0. The third-order valence-electron chi connectivity index (χ3n) is 4.32. The Balaban J connectivity index is 2.00. The number of amides is 1. The molecule has 0 aliphatic carbocycles. The molecule has 0 bridgehead atoms. The van der Waals surface area contributed by atoms with E-state index in [1.165, 1.54) is 5.52 Å². The molecule has 2 heterocycles. The van der Waals surface area contributed by atoms with E-state index in [0.717, 1.165) is 30.9 Å². The van der Waals surface area contributed by atoms with Gasteiger partial charge in [0.2, 0.25) is 5.91 Å². The lowest BCUT2D eigenvalue weighted by Crippen LogP contribution is -2.19. The van der Waals surface area contributed by atoms with E-state index in [4.69, 9.17) is 4.98 Å². The van der Waals surface area contributed by atoms with Crippen LogP contribution < -0.4 is 0 Å². The summed E-state index contributed by atoms with van der Waals surface area (Å²) < 4.78 is 2.33.